The number of anilines is 2. The Labute approximate surface area is 196 Å². The second kappa shape index (κ2) is 11.0. The number of allylic oxidation sites excluding steroid dienone is 1. The topological polar surface area (TPSA) is 88.9 Å². The SMILES string of the molecule is C=CCn1c(CC(=O)Nc2ccc(C)c(C)c2)nnc1SCC(=O)Nc1ccc(Cl)cc1. The van der Waals surface area contributed by atoms with Crippen molar-refractivity contribution in [3.8, 4) is 0 Å². The van der Waals surface area contributed by atoms with Crippen LogP contribution in [-0.4, -0.2) is 32.3 Å². The highest BCUT2D eigenvalue weighted by Crippen LogP contribution is 2.20. The fourth-order valence-electron chi connectivity index (χ4n) is 2.90. The van der Waals surface area contributed by atoms with Crippen molar-refractivity contribution in [2.24, 2.45) is 0 Å². The average molecular weight is 470 g/mol. The maximum absolute atomic E-state index is 12.5. The quantitative estimate of drug-likeness (QED) is 0.352. The van der Waals surface area contributed by atoms with Gasteiger partial charge in [0.25, 0.3) is 0 Å². The third kappa shape index (κ3) is 6.45. The molecular formula is C23H24ClN5O2S. The predicted molar refractivity (Wildman–Crippen MR) is 129 cm³/mol. The molecule has 0 radical (unpaired) electrons. The smallest absolute Gasteiger partial charge is 0.234 e. The van der Waals surface area contributed by atoms with Crippen molar-refractivity contribution in [2.45, 2.75) is 32.0 Å². The number of carbonyl (C=O) groups is 2. The number of carbonyl (C=O) groups excluding carboxylic acids is 2. The Morgan fingerprint density at radius 1 is 1.03 bits per heavy atom. The van der Waals surface area contributed by atoms with Gasteiger partial charge in [0.1, 0.15) is 5.82 Å². The van der Waals surface area contributed by atoms with E-state index in [9.17, 15) is 9.59 Å². The van der Waals surface area contributed by atoms with Crippen molar-refractivity contribution in [2.75, 3.05) is 16.4 Å². The number of hydrogen-bond acceptors (Lipinski definition) is 5. The number of thioether (sulfide) groups is 1. The van der Waals surface area contributed by atoms with E-state index in [0.29, 0.717) is 28.2 Å². The molecule has 0 saturated heterocycles. The van der Waals surface area contributed by atoms with Gasteiger partial charge in [-0.1, -0.05) is 35.5 Å². The van der Waals surface area contributed by atoms with Gasteiger partial charge in [-0.3, -0.25) is 9.59 Å². The molecule has 1 aromatic heterocycles. The van der Waals surface area contributed by atoms with Gasteiger partial charge in [0.2, 0.25) is 11.8 Å². The molecule has 0 bridgehead atoms. The Bertz CT molecular complexity index is 1130. The lowest BCUT2D eigenvalue weighted by molar-refractivity contribution is -0.116. The van der Waals surface area contributed by atoms with Crippen molar-refractivity contribution in [3.63, 3.8) is 0 Å². The molecule has 0 fully saturated rings. The zero-order valence-corrected chi connectivity index (χ0v) is 19.5. The van der Waals surface area contributed by atoms with E-state index < -0.39 is 0 Å². The van der Waals surface area contributed by atoms with E-state index in [-0.39, 0.29) is 24.0 Å². The van der Waals surface area contributed by atoms with Crippen molar-refractivity contribution >= 4 is 46.6 Å². The normalized spacial score (nSPS) is 10.6. The first-order chi connectivity index (χ1) is 15.4. The van der Waals surface area contributed by atoms with Crippen LogP contribution in [0.3, 0.4) is 0 Å². The second-order valence-corrected chi connectivity index (χ2v) is 8.54. The number of aromatic nitrogens is 3. The van der Waals surface area contributed by atoms with Gasteiger partial charge < -0.3 is 15.2 Å². The van der Waals surface area contributed by atoms with Gasteiger partial charge >= 0.3 is 0 Å². The minimum absolute atomic E-state index is 0.0608. The summed E-state index contributed by atoms with van der Waals surface area (Å²) >= 11 is 7.11. The van der Waals surface area contributed by atoms with Crippen LogP contribution in [0.15, 0.2) is 60.3 Å². The van der Waals surface area contributed by atoms with Crippen molar-refractivity contribution in [1.29, 1.82) is 0 Å². The van der Waals surface area contributed by atoms with Gasteiger partial charge in [-0.15, -0.1) is 16.8 Å². The van der Waals surface area contributed by atoms with E-state index in [1.807, 2.05) is 32.0 Å². The van der Waals surface area contributed by atoms with E-state index in [0.717, 1.165) is 16.8 Å². The van der Waals surface area contributed by atoms with Crippen molar-refractivity contribution in [3.05, 3.63) is 77.1 Å². The summed E-state index contributed by atoms with van der Waals surface area (Å²) in [5.74, 6) is 0.279. The molecule has 7 nitrogen and oxygen atoms in total. The maximum Gasteiger partial charge on any atom is 0.234 e. The van der Waals surface area contributed by atoms with Crippen molar-refractivity contribution < 1.29 is 9.59 Å². The summed E-state index contributed by atoms with van der Waals surface area (Å²) in [5, 5.41) is 15.2. The molecule has 0 saturated carbocycles. The van der Waals surface area contributed by atoms with E-state index in [1.54, 1.807) is 34.9 Å². The summed E-state index contributed by atoms with van der Waals surface area (Å²) in [7, 11) is 0. The summed E-state index contributed by atoms with van der Waals surface area (Å²) in [6.45, 7) is 8.22. The van der Waals surface area contributed by atoms with E-state index in [2.05, 4.69) is 27.4 Å². The van der Waals surface area contributed by atoms with Gasteiger partial charge in [-0.05, 0) is 61.4 Å². The Hall–Kier alpha value is -3.10. The number of nitrogens with zero attached hydrogens (tertiary/aromatic N) is 3. The fraction of sp³-hybridized carbons (Fsp3) is 0.217. The zero-order valence-electron chi connectivity index (χ0n) is 17.9. The van der Waals surface area contributed by atoms with E-state index >= 15 is 0 Å². The number of amides is 2. The van der Waals surface area contributed by atoms with Gasteiger partial charge in [0.15, 0.2) is 5.16 Å². The molecule has 1 heterocycles. The molecule has 0 unspecified atom stereocenters. The molecule has 0 atom stereocenters. The monoisotopic (exact) mass is 469 g/mol. The first-order valence-electron chi connectivity index (χ1n) is 9.94. The van der Waals surface area contributed by atoms with Crippen LogP contribution in [0, 0.1) is 13.8 Å². The number of rotatable bonds is 9. The lowest BCUT2D eigenvalue weighted by Gasteiger charge is -2.10. The average Bonchev–Trinajstić information content (AvgIpc) is 3.12. The molecule has 32 heavy (non-hydrogen) atoms. The molecular weight excluding hydrogens is 446 g/mol. The fourth-order valence-corrected chi connectivity index (χ4v) is 3.79. The molecule has 166 valence electrons. The Morgan fingerprint density at radius 2 is 1.72 bits per heavy atom. The number of nitrogens with one attached hydrogen (secondary N) is 2. The highest BCUT2D eigenvalue weighted by atomic mass is 35.5. The van der Waals surface area contributed by atoms with Crippen LogP contribution in [0.4, 0.5) is 11.4 Å². The number of halogens is 1. The van der Waals surface area contributed by atoms with Crippen LogP contribution in [-0.2, 0) is 22.6 Å². The number of hydrogen-bond donors (Lipinski definition) is 2. The summed E-state index contributed by atoms with van der Waals surface area (Å²) in [4.78, 5) is 24.8. The number of benzene rings is 2. The first kappa shape index (κ1) is 23.6. The Balaban J connectivity index is 1.61. The molecule has 0 aliphatic rings. The molecule has 2 N–H and O–H groups in total. The lowest BCUT2D eigenvalue weighted by atomic mass is 10.1. The van der Waals surface area contributed by atoms with Gasteiger partial charge in [-0.25, -0.2) is 0 Å². The zero-order chi connectivity index (χ0) is 23.1. The molecule has 3 rings (SSSR count). The molecule has 3 aromatic rings. The largest absolute Gasteiger partial charge is 0.326 e. The molecule has 0 aliphatic heterocycles. The Kier molecular flexibility index (Phi) is 8.08. The third-order valence-corrected chi connectivity index (χ3v) is 5.89. The van der Waals surface area contributed by atoms with Crippen LogP contribution in [0.2, 0.25) is 5.02 Å². The standard InChI is InChI=1S/C23H24ClN5O2S/c1-4-11-29-20(13-21(30)26-19-8-5-15(2)16(3)12-19)27-28-23(29)32-14-22(31)25-18-9-6-17(24)7-10-18/h4-10,12H,1,11,13-14H2,2-3H3,(H,25,31)(H,26,30). The van der Waals surface area contributed by atoms with Gasteiger partial charge in [0.05, 0.1) is 12.2 Å². The minimum Gasteiger partial charge on any atom is -0.326 e. The second-order valence-electron chi connectivity index (χ2n) is 7.17. The molecule has 2 aromatic carbocycles. The van der Waals surface area contributed by atoms with E-state index in [1.165, 1.54) is 11.8 Å². The van der Waals surface area contributed by atoms with Crippen LogP contribution >= 0.6 is 23.4 Å². The molecule has 9 heteroatoms. The predicted octanol–water partition coefficient (Wildman–Crippen LogP) is 4.65. The number of aryl methyl sites for hydroxylation is 2. The van der Waals surface area contributed by atoms with E-state index in [4.69, 9.17) is 11.6 Å². The Morgan fingerprint density at radius 3 is 2.41 bits per heavy atom. The summed E-state index contributed by atoms with van der Waals surface area (Å²) in [5.41, 5.74) is 3.67. The highest BCUT2D eigenvalue weighted by molar-refractivity contribution is 7.99. The molecule has 0 spiro atoms. The summed E-state index contributed by atoms with van der Waals surface area (Å²) in [6.07, 6.45) is 1.76. The third-order valence-electron chi connectivity index (χ3n) is 4.67. The highest BCUT2D eigenvalue weighted by Gasteiger charge is 2.16. The molecule has 0 aliphatic carbocycles. The van der Waals surface area contributed by atoms with Crippen LogP contribution in [0.25, 0.3) is 0 Å². The maximum atomic E-state index is 12.5. The van der Waals surface area contributed by atoms with Gasteiger partial charge in [0, 0.05) is 22.9 Å². The minimum atomic E-state index is -0.192. The summed E-state index contributed by atoms with van der Waals surface area (Å²) < 4.78 is 1.78. The van der Waals surface area contributed by atoms with Gasteiger partial charge in [-0.2, -0.15) is 0 Å². The summed E-state index contributed by atoms with van der Waals surface area (Å²) in [6, 6.07) is 12.7. The first-order valence-corrected chi connectivity index (χ1v) is 11.3. The van der Waals surface area contributed by atoms with Crippen LogP contribution in [0.1, 0.15) is 17.0 Å². The lowest BCUT2D eigenvalue weighted by Crippen LogP contribution is -2.18. The van der Waals surface area contributed by atoms with Crippen LogP contribution in [0.5, 0.6) is 0 Å². The molecule has 2 amide bonds. The van der Waals surface area contributed by atoms with Crippen LogP contribution < -0.4 is 10.6 Å². The van der Waals surface area contributed by atoms with Crippen molar-refractivity contribution in [1.82, 2.24) is 14.8 Å².